The monoisotopic (exact) mass is 286 g/mol. The first-order valence-corrected chi connectivity index (χ1v) is 7.06. The predicted molar refractivity (Wildman–Crippen MR) is 82.8 cm³/mol. The van der Waals surface area contributed by atoms with Gasteiger partial charge in [-0.2, -0.15) is 0 Å². The molecule has 0 aliphatic heterocycles. The standard InChI is InChI=1S/C17H19FN2O/c1-2-11-19-16-6-4-3-5-15(16)17(21)20-12-13-7-9-14(18)10-8-13/h3-10,19H,2,11-12H2,1H3,(H,20,21). The van der Waals surface area contributed by atoms with Gasteiger partial charge in [-0.15, -0.1) is 0 Å². The van der Waals surface area contributed by atoms with E-state index in [0.29, 0.717) is 12.1 Å². The Hall–Kier alpha value is -2.36. The number of para-hydroxylation sites is 1. The summed E-state index contributed by atoms with van der Waals surface area (Å²) >= 11 is 0. The molecule has 0 fully saturated rings. The zero-order valence-electron chi connectivity index (χ0n) is 12.0. The minimum absolute atomic E-state index is 0.140. The van der Waals surface area contributed by atoms with Gasteiger partial charge in [-0.1, -0.05) is 31.2 Å². The summed E-state index contributed by atoms with van der Waals surface area (Å²) in [7, 11) is 0. The fraction of sp³-hybridized carbons (Fsp3) is 0.235. The third-order valence-electron chi connectivity index (χ3n) is 3.10. The molecule has 0 bridgehead atoms. The summed E-state index contributed by atoms with van der Waals surface area (Å²) in [5, 5.41) is 6.09. The molecule has 4 heteroatoms. The zero-order chi connectivity index (χ0) is 15.1. The molecule has 0 heterocycles. The van der Waals surface area contributed by atoms with Crippen LogP contribution in [0.2, 0.25) is 0 Å². The van der Waals surface area contributed by atoms with Crippen LogP contribution in [0.3, 0.4) is 0 Å². The lowest BCUT2D eigenvalue weighted by Crippen LogP contribution is -2.24. The van der Waals surface area contributed by atoms with Gasteiger partial charge >= 0.3 is 0 Å². The van der Waals surface area contributed by atoms with E-state index >= 15 is 0 Å². The van der Waals surface area contributed by atoms with E-state index in [2.05, 4.69) is 17.6 Å². The van der Waals surface area contributed by atoms with Gasteiger partial charge in [0.1, 0.15) is 5.82 Å². The molecule has 0 aromatic heterocycles. The highest BCUT2D eigenvalue weighted by atomic mass is 19.1. The minimum atomic E-state index is -0.279. The summed E-state index contributed by atoms with van der Waals surface area (Å²) in [5.74, 6) is -0.419. The van der Waals surface area contributed by atoms with Crippen molar-refractivity contribution in [3.05, 3.63) is 65.5 Å². The van der Waals surface area contributed by atoms with E-state index < -0.39 is 0 Å². The summed E-state index contributed by atoms with van der Waals surface area (Å²) < 4.78 is 12.8. The quantitative estimate of drug-likeness (QED) is 0.852. The fourth-order valence-electron chi connectivity index (χ4n) is 1.97. The Bertz CT molecular complexity index is 596. The van der Waals surface area contributed by atoms with Gasteiger partial charge in [0.15, 0.2) is 0 Å². The maximum atomic E-state index is 12.8. The van der Waals surface area contributed by atoms with E-state index in [-0.39, 0.29) is 11.7 Å². The van der Waals surface area contributed by atoms with Crippen LogP contribution in [0.15, 0.2) is 48.5 Å². The second-order valence-corrected chi connectivity index (χ2v) is 4.78. The maximum absolute atomic E-state index is 12.8. The number of amides is 1. The molecule has 2 aromatic carbocycles. The minimum Gasteiger partial charge on any atom is -0.384 e. The Morgan fingerprint density at radius 3 is 2.52 bits per heavy atom. The second-order valence-electron chi connectivity index (χ2n) is 4.78. The lowest BCUT2D eigenvalue weighted by atomic mass is 10.1. The van der Waals surface area contributed by atoms with Crippen molar-refractivity contribution in [2.24, 2.45) is 0 Å². The molecule has 2 rings (SSSR count). The fourth-order valence-corrected chi connectivity index (χ4v) is 1.97. The summed E-state index contributed by atoms with van der Waals surface area (Å²) in [6, 6.07) is 13.5. The van der Waals surface area contributed by atoms with Crippen LogP contribution in [-0.4, -0.2) is 12.5 Å². The molecule has 3 nitrogen and oxygen atoms in total. The highest BCUT2D eigenvalue weighted by Crippen LogP contribution is 2.15. The molecule has 2 N–H and O–H groups in total. The van der Waals surface area contributed by atoms with Crippen LogP contribution < -0.4 is 10.6 Å². The first-order valence-electron chi connectivity index (χ1n) is 7.06. The summed E-state index contributed by atoms with van der Waals surface area (Å²) in [5.41, 5.74) is 2.31. The molecule has 0 radical (unpaired) electrons. The lowest BCUT2D eigenvalue weighted by molar-refractivity contribution is 0.0951. The number of anilines is 1. The van der Waals surface area contributed by atoms with Gasteiger partial charge < -0.3 is 10.6 Å². The van der Waals surface area contributed by atoms with E-state index in [1.165, 1.54) is 12.1 Å². The van der Waals surface area contributed by atoms with Crippen molar-refractivity contribution < 1.29 is 9.18 Å². The zero-order valence-corrected chi connectivity index (χ0v) is 12.0. The van der Waals surface area contributed by atoms with Crippen molar-refractivity contribution in [3.63, 3.8) is 0 Å². The van der Waals surface area contributed by atoms with E-state index in [1.807, 2.05) is 18.2 Å². The topological polar surface area (TPSA) is 41.1 Å². The Morgan fingerprint density at radius 2 is 1.81 bits per heavy atom. The van der Waals surface area contributed by atoms with Gasteiger partial charge in [0.2, 0.25) is 0 Å². The number of benzene rings is 2. The van der Waals surface area contributed by atoms with Gasteiger partial charge in [-0.25, -0.2) is 4.39 Å². The highest BCUT2D eigenvalue weighted by molar-refractivity contribution is 5.99. The largest absolute Gasteiger partial charge is 0.384 e. The number of halogens is 1. The van der Waals surface area contributed by atoms with Crippen molar-refractivity contribution in [3.8, 4) is 0 Å². The molecular formula is C17H19FN2O. The molecule has 1 amide bonds. The molecule has 0 spiro atoms. The Morgan fingerprint density at radius 1 is 1.10 bits per heavy atom. The number of hydrogen-bond acceptors (Lipinski definition) is 2. The van der Waals surface area contributed by atoms with E-state index in [9.17, 15) is 9.18 Å². The molecule has 0 atom stereocenters. The van der Waals surface area contributed by atoms with Gasteiger partial charge in [0, 0.05) is 18.8 Å². The van der Waals surface area contributed by atoms with Gasteiger partial charge in [-0.3, -0.25) is 4.79 Å². The molecule has 0 saturated carbocycles. The SMILES string of the molecule is CCCNc1ccccc1C(=O)NCc1ccc(F)cc1. The third-order valence-corrected chi connectivity index (χ3v) is 3.10. The van der Waals surface area contributed by atoms with E-state index in [1.54, 1.807) is 18.2 Å². The first kappa shape index (κ1) is 15.0. The number of carbonyl (C=O) groups is 1. The first-order chi connectivity index (χ1) is 10.2. The van der Waals surface area contributed by atoms with Crippen molar-refractivity contribution in [2.45, 2.75) is 19.9 Å². The van der Waals surface area contributed by atoms with Crippen LogP contribution in [0.1, 0.15) is 29.3 Å². The van der Waals surface area contributed by atoms with E-state index in [4.69, 9.17) is 0 Å². The molecule has 2 aromatic rings. The molecule has 0 aliphatic rings. The van der Waals surface area contributed by atoms with Gasteiger partial charge in [-0.05, 0) is 36.2 Å². The Labute approximate surface area is 124 Å². The second kappa shape index (κ2) is 7.43. The normalized spacial score (nSPS) is 10.2. The smallest absolute Gasteiger partial charge is 0.253 e. The average Bonchev–Trinajstić information content (AvgIpc) is 2.52. The molecule has 21 heavy (non-hydrogen) atoms. The number of carbonyl (C=O) groups excluding carboxylic acids is 1. The number of hydrogen-bond donors (Lipinski definition) is 2. The van der Waals surface area contributed by atoms with Crippen LogP contribution in [0.4, 0.5) is 10.1 Å². The van der Waals surface area contributed by atoms with Crippen LogP contribution in [-0.2, 0) is 6.54 Å². The molecule has 0 unspecified atom stereocenters. The average molecular weight is 286 g/mol. The van der Waals surface area contributed by atoms with Crippen LogP contribution >= 0.6 is 0 Å². The summed E-state index contributed by atoms with van der Waals surface area (Å²) in [6.45, 7) is 3.27. The van der Waals surface area contributed by atoms with Gasteiger partial charge in [0.05, 0.1) is 5.56 Å². The number of rotatable bonds is 6. The third kappa shape index (κ3) is 4.31. The van der Waals surface area contributed by atoms with Crippen molar-refractivity contribution >= 4 is 11.6 Å². The molecular weight excluding hydrogens is 267 g/mol. The van der Waals surface area contributed by atoms with Crippen molar-refractivity contribution in [1.29, 1.82) is 0 Å². The lowest BCUT2D eigenvalue weighted by Gasteiger charge is -2.11. The van der Waals surface area contributed by atoms with Gasteiger partial charge in [0.25, 0.3) is 5.91 Å². The van der Waals surface area contributed by atoms with Crippen LogP contribution in [0.25, 0.3) is 0 Å². The van der Waals surface area contributed by atoms with Crippen molar-refractivity contribution in [1.82, 2.24) is 5.32 Å². The van der Waals surface area contributed by atoms with Crippen LogP contribution in [0, 0.1) is 5.82 Å². The molecule has 110 valence electrons. The predicted octanol–water partition coefficient (Wildman–Crippen LogP) is 3.58. The molecule has 0 saturated heterocycles. The highest BCUT2D eigenvalue weighted by Gasteiger charge is 2.10. The number of nitrogens with one attached hydrogen (secondary N) is 2. The summed E-state index contributed by atoms with van der Waals surface area (Å²) in [6.07, 6.45) is 0.992. The Kier molecular flexibility index (Phi) is 5.32. The molecule has 0 aliphatic carbocycles. The van der Waals surface area contributed by atoms with Crippen molar-refractivity contribution in [2.75, 3.05) is 11.9 Å². The van der Waals surface area contributed by atoms with Crippen LogP contribution in [0.5, 0.6) is 0 Å². The summed E-state index contributed by atoms with van der Waals surface area (Å²) in [4.78, 5) is 12.2. The maximum Gasteiger partial charge on any atom is 0.253 e. The Balaban J connectivity index is 2.01. The van der Waals surface area contributed by atoms with E-state index in [0.717, 1.165) is 24.2 Å².